The number of carbonyl (C=O) groups is 2. The standard InChI is InChI=1S/C37H41N5O3/c1-37(2,3)45-36(44)41-24-27(29-10-5-7-13-34(29)41)23-35(43)42-28(16-15-26-9-4-6-12-32(26)42)25-39-19-21-40(22-20-39)33-14-8-11-31-30(33)17-18-38-31/h4-14,17-18,24,28,38H,15-16,19-23,25H2,1-3H3. The first-order valence-electron chi connectivity index (χ1n) is 16.0. The molecule has 2 aromatic heterocycles. The van der Waals surface area contributed by atoms with Gasteiger partial charge in [-0.2, -0.15) is 0 Å². The maximum Gasteiger partial charge on any atom is 0.419 e. The van der Waals surface area contributed by atoms with Crippen molar-refractivity contribution in [2.24, 2.45) is 0 Å². The number of benzene rings is 3. The van der Waals surface area contributed by atoms with E-state index in [1.165, 1.54) is 26.7 Å². The molecule has 1 N–H and O–H groups in total. The minimum Gasteiger partial charge on any atom is -0.443 e. The summed E-state index contributed by atoms with van der Waals surface area (Å²) in [4.78, 5) is 37.8. The lowest BCUT2D eigenvalue weighted by Gasteiger charge is -2.42. The molecule has 0 radical (unpaired) electrons. The van der Waals surface area contributed by atoms with Crippen molar-refractivity contribution in [2.75, 3.05) is 42.5 Å². The normalized spacial score (nSPS) is 17.5. The number of amides is 1. The first-order chi connectivity index (χ1) is 21.7. The number of aromatic amines is 1. The number of piperazine rings is 1. The molecule has 45 heavy (non-hydrogen) atoms. The van der Waals surface area contributed by atoms with Crippen LogP contribution in [0.5, 0.6) is 0 Å². The third-order valence-electron chi connectivity index (χ3n) is 9.11. The van der Waals surface area contributed by atoms with Crippen LogP contribution in [0.1, 0.15) is 38.3 Å². The number of nitrogens with zero attached hydrogens (tertiary/aromatic N) is 4. The minimum absolute atomic E-state index is 0.0528. The van der Waals surface area contributed by atoms with Crippen molar-refractivity contribution in [3.63, 3.8) is 0 Å². The van der Waals surface area contributed by atoms with Gasteiger partial charge in [-0.25, -0.2) is 4.79 Å². The number of H-pyrrole nitrogens is 1. The van der Waals surface area contributed by atoms with Crippen LogP contribution in [0.3, 0.4) is 0 Å². The van der Waals surface area contributed by atoms with Gasteiger partial charge in [0.25, 0.3) is 0 Å². The van der Waals surface area contributed by atoms with Gasteiger partial charge in [-0.15, -0.1) is 0 Å². The summed E-state index contributed by atoms with van der Waals surface area (Å²) >= 11 is 0. The maximum absolute atomic E-state index is 14.3. The van der Waals surface area contributed by atoms with Crippen molar-refractivity contribution in [3.8, 4) is 0 Å². The van der Waals surface area contributed by atoms with E-state index in [1.807, 2.05) is 62.2 Å². The molecule has 8 nitrogen and oxygen atoms in total. The Morgan fingerprint density at radius 2 is 1.62 bits per heavy atom. The molecule has 2 aliphatic rings. The Morgan fingerprint density at radius 3 is 2.44 bits per heavy atom. The summed E-state index contributed by atoms with van der Waals surface area (Å²) in [5, 5.41) is 2.16. The van der Waals surface area contributed by atoms with Crippen LogP contribution in [0.2, 0.25) is 0 Å². The monoisotopic (exact) mass is 603 g/mol. The van der Waals surface area contributed by atoms with Crippen molar-refractivity contribution in [3.05, 3.63) is 96.3 Å². The van der Waals surface area contributed by atoms with Gasteiger partial charge < -0.3 is 19.5 Å². The van der Waals surface area contributed by atoms with E-state index in [0.29, 0.717) is 0 Å². The van der Waals surface area contributed by atoms with Gasteiger partial charge in [-0.1, -0.05) is 42.5 Å². The quantitative estimate of drug-likeness (QED) is 0.245. The molecule has 2 aliphatic heterocycles. The fourth-order valence-corrected chi connectivity index (χ4v) is 7.03. The molecule has 0 bridgehead atoms. The van der Waals surface area contributed by atoms with Crippen molar-refractivity contribution >= 4 is 45.2 Å². The summed E-state index contributed by atoms with van der Waals surface area (Å²) in [5.41, 5.74) is 5.62. The Kier molecular flexibility index (Phi) is 7.61. The number of aryl methyl sites for hydroxylation is 1. The van der Waals surface area contributed by atoms with Crippen molar-refractivity contribution < 1.29 is 14.3 Å². The van der Waals surface area contributed by atoms with Gasteiger partial charge >= 0.3 is 6.09 Å². The number of hydrogen-bond donors (Lipinski definition) is 1. The number of hydrogen-bond acceptors (Lipinski definition) is 5. The molecule has 0 spiro atoms. The maximum atomic E-state index is 14.3. The van der Waals surface area contributed by atoms with E-state index in [9.17, 15) is 9.59 Å². The number of carbonyl (C=O) groups excluding carboxylic acids is 2. The van der Waals surface area contributed by atoms with Crippen LogP contribution in [0.25, 0.3) is 21.8 Å². The lowest BCUT2D eigenvalue weighted by atomic mass is 9.94. The number of nitrogens with one attached hydrogen (secondary N) is 1. The molecule has 1 atom stereocenters. The molecule has 1 unspecified atom stereocenters. The SMILES string of the molecule is CC(C)(C)OC(=O)n1cc(CC(=O)N2c3ccccc3CCC2CN2CCN(c3cccc4[nH]ccc34)CC2)c2ccccc21. The van der Waals surface area contributed by atoms with Gasteiger partial charge in [-0.3, -0.25) is 14.3 Å². The average molecular weight is 604 g/mol. The van der Waals surface area contributed by atoms with E-state index in [0.717, 1.165) is 67.7 Å². The van der Waals surface area contributed by atoms with E-state index in [4.69, 9.17) is 4.74 Å². The zero-order valence-electron chi connectivity index (χ0n) is 26.3. The molecular weight excluding hydrogens is 562 g/mol. The van der Waals surface area contributed by atoms with Crippen molar-refractivity contribution in [1.29, 1.82) is 0 Å². The van der Waals surface area contributed by atoms with Gasteiger partial charge in [0.2, 0.25) is 5.91 Å². The predicted molar refractivity (Wildman–Crippen MR) is 180 cm³/mol. The Balaban J connectivity index is 1.11. The van der Waals surface area contributed by atoms with Crippen LogP contribution in [0.15, 0.2) is 85.2 Å². The largest absolute Gasteiger partial charge is 0.443 e. The highest BCUT2D eigenvalue weighted by molar-refractivity contribution is 6.00. The lowest BCUT2D eigenvalue weighted by molar-refractivity contribution is -0.118. The molecule has 3 aromatic carbocycles. The number of aromatic nitrogens is 2. The van der Waals surface area contributed by atoms with E-state index in [2.05, 4.69) is 57.2 Å². The molecule has 1 fully saturated rings. The van der Waals surface area contributed by atoms with Gasteiger partial charge in [0, 0.05) is 78.8 Å². The van der Waals surface area contributed by atoms with Crippen LogP contribution in [-0.2, 0) is 22.4 Å². The smallest absolute Gasteiger partial charge is 0.419 e. The third-order valence-corrected chi connectivity index (χ3v) is 9.11. The summed E-state index contributed by atoms with van der Waals surface area (Å²) in [6, 6.07) is 24.7. The van der Waals surface area contributed by atoms with Crippen LogP contribution < -0.4 is 9.80 Å². The first kappa shape index (κ1) is 29.2. The fraction of sp³-hybridized carbons (Fsp3) is 0.351. The second-order valence-electron chi connectivity index (χ2n) is 13.3. The molecule has 7 rings (SSSR count). The summed E-state index contributed by atoms with van der Waals surface area (Å²) in [5.74, 6) is 0.0528. The van der Waals surface area contributed by atoms with Crippen molar-refractivity contribution in [1.82, 2.24) is 14.5 Å². The number of fused-ring (bicyclic) bond motifs is 3. The number of rotatable bonds is 5. The predicted octanol–water partition coefficient (Wildman–Crippen LogP) is 6.62. The molecule has 1 amide bonds. The van der Waals surface area contributed by atoms with E-state index in [1.54, 1.807) is 6.20 Å². The van der Waals surface area contributed by atoms with E-state index >= 15 is 0 Å². The van der Waals surface area contributed by atoms with E-state index < -0.39 is 11.7 Å². The van der Waals surface area contributed by atoms with Crippen LogP contribution in [-0.4, -0.2) is 70.8 Å². The topological polar surface area (TPSA) is 73.8 Å². The Hall–Kier alpha value is -4.56. The Labute approximate surface area is 264 Å². The van der Waals surface area contributed by atoms with Crippen LogP contribution in [0, 0.1) is 0 Å². The van der Waals surface area contributed by atoms with Crippen LogP contribution in [0.4, 0.5) is 16.2 Å². The zero-order chi connectivity index (χ0) is 31.1. The molecular formula is C37H41N5O3. The minimum atomic E-state index is -0.621. The summed E-state index contributed by atoms with van der Waals surface area (Å²) in [6.45, 7) is 10.2. The van der Waals surface area contributed by atoms with Gasteiger partial charge in [-0.05, 0) is 75.1 Å². The zero-order valence-corrected chi connectivity index (χ0v) is 26.3. The first-order valence-corrected chi connectivity index (χ1v) is 16.0. The van der Waals surface area contributed by atoms with Gasteiger partial charge in [0.05, 0.1) is 11.9 Å². The second kappa shape index (κ2) is 11.7. The lowest BCUT2D eigenvalue weighted by Crippen LogP contribution is -2.54. The van der Waals surface area contributed by atoms with Crippen LogP contribution >= 0.6 is 0 Å². The molecule has 232 valence electrons. The molecule has 8 heteroatoms. The molecule has 0 saturated carbocycles. The third kappa shape index (κ3) is 5.82. The number of ether oxygens (including phenoxy) is 1. The molecule has 1 saturated heterocycles. The van der Waals surface area contributed by atoms with E-state index in [-0.39, 0.29) is 18.4 Å². The second-order valence-corrected chi connectivity index (χ2v) is 13.3. The average Bonchev–Trinajstić information content (AvgIpc) is 3.66. The summed E-state index contributed by atoms with van der Waals surface area (Å²) in [6.07, 6.45) is 5.43. The highest BCUT2D eigenvalue weighted by Gasteiger charge is 2.33. The highest BCUT2D eigenvalue weighted by Crippen LogP contribution is 2.33. The molecule has 5 aromatic rings. The van der Waals surface area contributed by atoms with Gasteiger partial charge in [0.15, 0.2) is 0 Å². The fourth-order valence-electron chi connectivity index (χ4n) is 7.03. The summed E-state index contributed by atoms with van der Waals surface area (Å²) in [7, 11) is 0. The van der Waals surface area contributed by atoms with Crippen molar-refractivity contribution in [2.45, 2.75) is 51.7 Å². The Bertz CT molecular complexity index is 1860. The summed E-state index contributed by atoms with van der Waals surface area (Å²) < 4.78 is 7.23. The number of anilines is 2. The molecule has 4 heterocycles. The molecule has 0 aliphatic carbocycles. The highest BCUT2D eigenvalue weighted by atomic mass is 16.6. The van der Waals surface area contributed by atoms with Gasteiger partial charge in [0.1, 0.15) is 5.60 Å². The Morgan fingerprint density at radius 1 is 0.867 bits per heavy atom. The number of para-hydroxylation sites is 2.